The molecule has 118 valence electrons. The van der Waals surface area contributed by atoms with Crippen molar-refractivity contribution in [2.75, 3.05) is 19.7 Å². The third kappa shape index (κ3) is 4.00. The molecular weight excluding hydrogens is 295 g/mol. The van der Waals surface area contributed by atoms with E-state index >= 15 is 0 Å². The molecule has 0 radical (unpaired) electrons. The van der Waals surface area contributed by atoms with E-state index in [4.69, 9.17) is 0 Å². The molecule has 2 unspecified atom stereocenters. The summed E-state index contributed by atoms with van der Waals surface area (Å²) in [6.45, 7) is 2.32. The Labute approximate surface area is 125 Å². The van der Waals surface area contributed by atoms with Gasteiger partial charge in [-0.1, -0.05) is 18.2 Å². The molecule has 1 saturated heterocycles. The van der Waals surface area contributed by atoms with Gasteiger partial charge in [0.05, 0.1) is 0 Å². The van der Waals surface area contributed by atoms with Crippen LogP contribution in [0.5, 0.6) is 0 Å². The Morgan fingerprint density at radius 1 is 1.48 bits per heavy atom. The van der Waals surface area contributed by atoms with Gasteiger partial charge in [-0.2, -0.15) is 17.4 Å². The number of aliphatic hydroxyl groups excluding tert-OH is 1. The summed E-state index contributed by atoms with van der Waals surface area (Å²) >= 11 is 0. The molecule has 21 heavy (non-hydrogen) atoms. The van der Waals surface area contributed by atoms with Crippen molar-refractivity contribution in [2.24, 2.45) is 5.92 Å². The summed E-state index contributed by atoms with van der Waals surface area (Å²) in [7, 11) is -3.68. The molecule has 2 rings (SSSR count). The largest absolute Gasteiger partial charge is 0.396 e. The lowest BCUT2D eigenvalue weighted by molar-refractivity contribution is 0.164. The topological polar surface area (TPSA) is 69.6 Å². The van der Waals surface area contributed by atoms with E-state index in [9.17, 15) is 17.9 Å². The number of benzene rings is 1. The second-order valence-corrected chi connectivity index (χ2v) is 7.12. The van der Waals surface area contributed by atoms with Gasteiger partial charge in [0.25, 0.3) is 10.2 Å². The molecule has 2 N–H and O–H groups in total. The van der Waals surface area contributed by atoms with Crippen molar-refractivity contribution in [3.05, 3.63) is 35.6 Å². The Kier molecular flexibility index (Phi) is 5.32. The standard InChI is InChI=1S/C14H21FN2O3S/c1-11(13-6-2-3-7-14(13)15)16-21(19,20)17-8-4-5-12(9-17)10-18/h2-3,6-7,11-12,16,18H,4-5,8-10H2,1H3. The number of aliphatic hydroxyl groups is 1. The van der Waals surface area contributed by atoms with E-state index in [1.54, 1.807) is 25.1 Å². The first kappa shape index (κ1) is 16.4. The van der Waals surface area contributed by atoms with Crippen LogP contribution in [0, 0.1) is 11.7 Å². The average molecular weight is 316 g/mol. The summed E-state index contributed by atoms with van der Waals surface area (Å²) in [5, 5.41) is 9.18. The van der Waals surface area contributed by atoms with Gasteiger partial charge in [-0.05, 0) is 31.7 Å². The molecule has 0 spiro atoms. The minimum atomic E-state index is -3.68. The first-order valence-electron chi connectivity index (χ1n) is 7.06. The summed E-state index contributed by atoms with van der Waals surface area (Å²) in [4.78, 5) is 0. The molecule has 1 aliphatic heterocycles. The predicted octanol–water partition coefficient (Wildman–Crippen LogP) is 1.43. The maximum Gasteiger partial charge on any atom is 0.280 e. The van der Waals surface area contributed by atoms with Crippen molar-refractivity contribution in [3.8, 4) is 0 Å². The van der Waals surface area contributed by atoms with E-state index in [1.165, 1.54) is 10.4 Å². The Balaban J connectivity index is 2.08. The number of nitrogens with one attached hydrogen (secondary N) is 1. The Morgan fingerprint density at radius 2 is 2.19 bits per heavy atom. The highest BCUT2D eigenvalue weighted by Gasteiger charge is 2.30. The molecule has 1 aliphatic rings. The second-order valence-electron chi connectivity index (χ2n) is 5.41. The number of rotatable bonds is 5. The highest BCUT2D eigenvalue weighted by atomic mass is 32.2. The van der Waals surface area contributed by atoms with Gasteiger partial charge in [0.15, 0.2) is 0 Å². The summed E-state index contributed by atoms with van der Waals surface area (Å²) in [6, 6.07) is 5.46. The Bertz CT molecular complexity index is 579. The quantitative estimate of drug-likeness (QED) is 0.863. The molecule has 1 heterocycles. The van der Waals surface area contributed by atoms with Crippen LogP contribution in [-0.4, -0.2) is 37.5 Å². The minimum Gasteiger partial charge on any atom is -0.396 e. The lowest BCUT2D eigenvalue weighted by Gasteiger charge is -2.32. The number of piperidine rings is 1. The number of hydrogen-bond acceptors (Lipinski definition) is 3. The molecule has 7 heteroatoms. The predicted molar refractivity (Wildman–Crippen MR) is 78.3 cm³/mol. The number of hydrogen-bond donors (Lipinski definition) is 2. The van der Waals surface area contributed by atoms with Crippen molar-refractivity contribution in [1.29, 1.82) is 0 Å². The van der Waals surface area contributed by atoms with Gasteiger partial charge in [0.2, 0.25) is 0 Å². The molecule has 0 aromatic heterocycles. The van der Waals surface area contributed by atoms with E-state index < -0.39 is 22.1 Å². The first-order chi connectivity index (χ1) is 9.94. The van der Waals surface area contributed by atoms with Gasteiger partial charge in [-0.3, -0.25) is 0 Å². The maximum absolute atomic E-state index is 13.7. The fourth-order valence-corrected chi connectivity index (χ4v) is 4.08. The van der Waals surface area contributed by atoms with E-state index in [2.05, 4.69) is 4.72 Å². The van der Waals surface area contributed by atoms with E-state index in [-0.39, 0.29) is 12.5 Å². The summed E-state index contributed by atoms with van der Waals surface area (Å²) in [5.74, 6) is -0.460. The normalized spacial score (nSPS) is 22.1. The summed E-state index contributed by atoms with van der Waals surface area (Å²) < 4.78 is 42.2. The highest BCUT2D eigenvalue weighted by molar-refractivity contribution is 7.87. The van der Waals surface area contributed by atoms with Gasteiger partial charge in [-0.25, -0.2) is 4.39 Å². The molecule has 0 bridgehead atoms. The van der Waals surface area contributed by atoms with E-state index in [1.807, 2.05) is 0 Å². The van der Waals surface area contributed by atoms with Crippen LogP contribution in [0.2, 0.25) is 0 Å². The zero-order valence-electron chi connectivity index (χ0n) is 12.0. The zero-order chi connectivity index (χ0) is 15.5. The number of nitrogens with zero attached hydrogens (tertiary/aromatic N) is 1. The van der Waals surface area contributed by atoms with Crippen molar-refractivity contribution in [1.82, 2.24) is 9.03 Å². The van der Waals surface area contributed by atoms with Crippen LogP contribution in [0.3, 0.4) is 0 Å². The third-order valence-electron chi connectivity index (χ3n) is 3.78. The van der Waals surface area contributed by atoms with Crippen LogP contribution in [-0.2, 0) is 10.2 Å². The van der Waals surface area contributed by atoms with E-state index in [0.717, 1.165) is 12.8 Å². The monoisotopic (exact) mass is 316 g/mol. The molecule has 1 fully saturated rings. The molecular formula is C14H21FN2O3S. The second kappa shape index (κ2) is 6.83. The minimum absolute atomic E-state index is 0.0190. The average Bonchev–Trinajstić information content (AvgIpc) is 2.47. The fraction of sp³-hybridized carbons (Fsp3) is 0.571. The molecule has 0 aliphatic carbocycles. The van der Waals surface area contributed by atoms with Gasteiger partial charge in [-0.15, -0.1) is 0 Å². The van der Waals surface area contributed by atoms with Crippen LogP contribution in [0.15, 0.2) is 24.3 Å². The Hall–Kier alpha value is -1.02. The molecule has 2 atom stereocenters. The van der Waals surface area contributed by atoms with Crippen molar-refractivity contribution < 1.29 is 17.9 Å². The summed E-state index contributed by atoms with van der Waals surface area (Å²) in [5.41, 5.74) is 0.316. The van der Waals surface area contributed by atoms with Crippen LogP contribution >= 0.6 is 0 Å². The zero-order valence-corrected chi connectivity index (χ0v) is 12.8. The lowest BCUT2D eigenvalue weighted by Crippen LogP contribution is -2.47. The molecule has 1 aromatic carbocycles. The van der Waals surface area contributed by atoms with Gasteiger partial charge < -0.3 is 5.11 Å². The van der Waals surface area contributed by atoms with E-state index in [0.29, 0.717) is 18.7 Å². The molecule has 0 amide bonds. The highest BCUT2D eigenvalue weighted by Crippen LogP contribution is 2.21. The lowest BCUT2D eigenvalue weighted by atomic mass is 10.0. The molecule has 1 aromatic rings. The molecule has 0 saturated carbocycles. The van der Waals surface area contributed by atoms with Crippen LogP contribution < -0.4 is 4.72 Å². The maximum atomic E-state index is 13.7. The van der Waals surface area contributed by atoms with Gasteiger partial charge >= 0.3 is 0 Å². The fourth-order valence-electron chi connectivity index (χ4n) is 2.58. The first-order valence-corrected chi connectivity index (χ1v) is 8.50. The third-order valence-corrected chi connectivity index (χ3v) is 5.44. The van der Waals surface area contributed by atoms with Crippen LogP contribution in [0.4, 0.5) is 4.39 Å². The smallest absolute Gasteiger partial charge is 0.280 e. The van der Waals surface area contributed by atoms with Crippen molar-refractivity contribution in [2.45, 2.75) is 25.8 Å². The van der Waals surface area contributed by atoms with Gasteiger partial charge in [0, 0.05) is 31.3 Å². The van der Waals surface area contributed by atoms with Crippen LogP contribution in [0.25, 0.3) is 0 Å². The van der Waals surface area contributed by atoms with Crippen molar-refractivity contribution >= 4 is 10.2 Å². The summed E-state index contributed by atoms with van der Waals surface area (Å²) in [6.07, 6.45) is 1.55. The van der Waals surface area contributed by atoms with Gasteiger partial charge in [0.1, 0.15) is 5.82 Å². The van der Waals surface area contributed by atoms with Crippen LogP contribution in [0.1, 0.15) is 31.4 Å². The molecule has 5 nitrogen and oxygen atoms in total. The number of halogens is 1. The SMILES string of the molecule is CC(NS(=O)(=O)N1CCCC(CO)C1)c1ccccc1F. The van der Waals surface area contributed by atoms with Crippen molar-refractivity contribution in [3.63, 3.8) is 0 Å². The Morgan fingerprint density at radius 3 is 2.86 bits per heavy atom.